The van der Waals surface area contributed by atoms with E-state index < -0.39 is 0 Å². The molecule has 2 nitrogen and oxygen atoms in total. The minimum Gasteiger partial charge on any atom is -0.295 e. The van der Waals surface area contributed by atoms with Crippen molar-refractivity contribution in [3.63, 3.8) is 0 Å². The molecule has 0 aromatic rings. The Kier molecular flexibility index (Phi) is 4.36. The molecule has 0 aliphatic heterocycles. The first-order valence-electron chi connectivity index (χ1n) is 7.38. The molecule has 0 aromatic carbocycles. The van der Waals surface area contributed by atoms with Gasteiger partial charge in [0.2, 0.25) is 0 Å². The van der Waals surface area contributed by atoms with Crippen LogP contribution in [0.15, 0.2) is 12.2 Å². The zero-order valence-electron chi connectivity index (χ0n) is 11.4. The molecular formula is C16H24O2. The maximum atomic E-state index is 12.2. The highest BCUT2D eigenvalue weighted by Gasteiger charge is 2.37. The van der Waals surface area contributed by atoms with Crippen LogP contribution in [0.2, 0.25) is 0 Å². The molecule has 1 saturated carbocycles. The molecule has 0 radical (unpaired) electrons. The van der Waals surface area contributed by atoms with Gasteiger partial charge in [0.1, 0.15) is 0 Å². The third-order valence-electron chi connectivity index (χ3n) is 4.62. The van der Waals surface area contributed by atoms with E-state index >= 15 is 0 Å². The highest BCUT2D eigenvalue weighted by molar-refractivity contribution is 6.04. The summed E-state index contributed by atoms with van der Waals surface area (Å²) >= 11 is 0. The van der Waals surface area contributed by atoms with Crippen molar-refractivity contribution in [2.75, 3.05) is 0 Å². The molecule has 2 rings (SSSR count). The zero-order valence-corrected chi connectivity index (χ0v) is 11.4. The van der Waals surface area contributed by atoms with Gasteiger partial charge in [-0.05, 0) is 31.4 Å². The van der Waals surface area contributed by atoms with Crippen LogP contribution in [0.1, 0.15) is 64.7 Å². The van der Waals surface area contributed by atoms with Gasteiger partial charge in [0.05, 0.1) is 0 Å². The Morgan fingerprint density at radius 3 is 2.44 bits per heavy atom. The van der Waals surface area contributed by atoms with E-state index in [0.29, 0.717) is 0 Å². The van der Waals surface area contributed by atoms with Gasteiger partial charge in [-0.1, -0.05) is 45.4 Å². The van der Waals surface area contributed by atoms with Crippen molar-refractivity contribution in [2.45, 2.75) is 64.7 Å². The summed E-state index contributed by atoms with van der Waals surface area (Å²) in [6.45, 7) is 2.06. The summed E-state index contributed by atoms with van der Waals surface area (Å²) in [6.07, 6.45) is 13.0. The summed E-state index contributed by atoms with van der Waals surface area (Å²) in [5.74, 6) is 0.416. The van der Waals surface area contributed by atoms with Gasteiger partial charge in [-0.3, -0.25) is 9.59 Å². The van der Waals surface area contributed by atoms with Crippen molar-refractivity contribution in [3.8, 4) is 0 Å². The minimum atomic E-state index is -0.294. The molecule has 1 fully saturated rings. The van der Waals surface area contributed by atoms with E-state index in [1.54, 1.807) is 0 Å². The number of ketones is 2. The second-order valence-corrected chi connectivity index (χ2v) is 6.22. The topological polar surface area (TPSA) is 34.1 Å². The largest absolute Gasteiger partial charge is 0.295 e. The zero-order chi connectivity index (χ0) is 13.0. The fourth-order valence-electron chi connectivity index (χ4n) is 3.32. The molecule has 0 amide bonds. The second-order valence-electron chi connectivity index (χ2n) is 6.22. The Hall–Kier alpha value is -0.920. The lowest BCUT2D eigenvalue weighted by Gasteiger charge is -2.28. The Morgan fingerprint density at radius 1 is 1.00 bits per heavy atom. The average Bonchev–Trinajstić information content (AvgIpc) is 2.48. The van der Waals surface area contributed by atoms with Crippen molar-refractivity contribution in [3.05, 3.63) is 12.2 Å². The third-order valence-corrected chi connectivity index (χ3v) is 4.62. The minimum absolute atomic E-state index is 0.0794. The fraction of sp³-hybridized carbons (Fsp3) is 0.750. The lowest BCUT2D eigenvalue weighted by atomic mass is 9.73. The maximum absolute atomic E-state index is 12.2. The number of hydrogen-bond donors (Lipinski definition) is 0. The van der Waals surface area contributed by atoms with Gasteiger partial charge in [0, 0.05) is 11.3 Å². The Labute approximate surface area is 110 Å². The quantitative estimate of drug-likeness (QED) is 0.652. The molecule has 2 heteroatoms. The molecule has 2 atom stereocenters. The van der Waals surface area contributed by atoms with E-state index in [2.05, 4.69) is 6.92 Å². The summed E-state index contributed by atoms with van der Waals surface area (Å²) in [7, 11) is 0. The van der Waals surface area contributed by atoms with Gasteiger partial charge in [-0.15, -0.1) is 0 Å². The van der Waals surface area contributed by atoms with Gasteiger partial charge >= 0.3 is 0 Å². The lowest BCUT2D eigenvalue weighted by molar-refractivity contribution is -0.125. The average molecular weight is 248 g/mol. The molecule has 18 heavy (non-hydrogen) atoms. The second kappa shape index (κ2) is 5.81. The van der Waals surface area contributed by atoms with Crippen LogP contribution in [0.3, 0.4) is 0 Å². The first kappa shape index (κ1) is 13.5. The molecule has 0 saturated heterocycles. The molecule has 0 aromatic heterocycles. The number of carbonyl (C=O) groups is 2. The highest BCUT2D eigenvalue weighted by atomic mass is 16.1. The first-order valence-corrected chi connectivity index (χ1v) is 7.38. The maximum Gasteiger partial charge on any atom is 0.161 e. The summed E-state index contributed by atoms with van der Waals surface area (Å²) in [5.41, 5.74) is -0.294. The van der Waals surface area contributed by atoms with Crippen LogP contribution < -0.4 is 0 Å². The highest BCUT2D eigenvalue weighted by Crippen LogP contribution is 2.38. The molecule has 0 spiro atoms. The van der Waals surface area contributed by atoms with Crippen LogP contribution >= 0.6 is 0 Å². The van der Waals surface area contributed by atoms with Crippen LogP contribution in [0, 0.1) is 11.3 Å². The van der Waals surface area contributed by atoms with Crippen molar-refractivity contribution in [2.24, 2.45) is 11.3 Å². The van der Waals surface area contributed by atoms with Crippen molar-refractivity contribution in [1.82, 2.24) is 0 Å². The van der Waals surface area contributed by atoms with Crippen LogP contribution in [0.4, 0.5) is 0 Å². The van der Waals surface area contributed by atoms with Gasteiger partial charge in [0.25, 0.3) is 0 Å². The molecule has 100 valence electrons. The van der Waals surface area contributed by atoms with Crippen LogP contribution in [0.25, 0.3) is 0 Å². The van der Waals surface area contributed by atoms with Gasteiger partial charge in [0.15, 0.2) is 11.6 Å². The number of rotatable bonds is 0. The fourth-order valence-corrected chi connectivity index (χ4v) is 3.32. The standard InChI is InChI=1S/C16H24O2/c1-16-11-7-5-3-2-4-6-8-13(12-16)14(17)9-10-15(16)18/h9-10,13H,2-8,11-12H2,1H3. The molecule has 2 unspecified atom stereocenters. The van der Waals surface area contributed by atoms with Crippen LogP contribution in [-0.2, 0) is 9.59 Å². The summed E-state index contributed by atoms with van der Waals surface area (Å²) in [5, 5.41) is 0. The number of carbonyl (C=O) groups excluding carboxylic acids is 2. The molecule has 2 bridgehead atoms. The normalized spacial score (nSPS) is 34.8. The van der Waals surface area contributed by atoms with E-state index in [0.717, 1.165) is 32.1 Å². The predicted octanol–water partition coefficient (Wildman–Crippen LogP) is 3.84. The number of allylic oxidation sites excluding steroid dienone is 2. The molecular weight excluding hydrogens is 224 g/mol. The third kappa shape index (κ3) is 3.09. The monoisotopic (exact) mass is 248 g/mol. The molecule has 2 aliphatic carbocycles. The predicted molar refractivity (Wildman–Crippen MR) is 72.3 cm³/mol. The Balaban J connectivity index is 2.19. The van der Waals surface area contributed by atoms with E-state index in [1.165, 1.54) is 37.8 Å². The first-order chi connectivity index (χ1) is 8.62. The van der Waals surface area contributed by atoms with Crippen LogP contribution in [-0.4, -0.2) is 11.6 Å². The summed E-state index contributed by atoms with van der Waals surface area (Å²) in [4.78, 5) is 24.2. The number of hydrogen-bond acceptors (Lipinski definition) is 2. The smallest absolute Gasteiger partial charge is 0.161 e. The van der Waals surface area contributed by atoms with E-state index in [1.807, 2.05) is 0 Å². The molecule has 0 heterocycles. The van der Waals surface area contributed by atoms with Crippen molar-refractivity contribution >= 4 is 11.6 Å². The SMILES string of the molecule is CC12CCCCCCCCC(C1)C(=O)C=CC2=O. The number of fused-ring (bicyclic) bond motifs is 2. The van der Waals surface area contributed by atoms with E-state index in [-0.39, 0.29) is 22.9 Å². The van der Waals surface area contributed by atoms with E-state index in [9.17, 15) is 9.59 Å². The van der Waals surface area contributed by atoms with Gasteiger partial charge in [-0.2, -0.15) is 0 Å². The van der Waals surface area contributed by atoms with Gasteiger partial charge in [-0.25, -0.2) is 0 Å². The molecule has 2 aliphatic rings. The lowest BCUT2D eigenvalue weighted by Crippen LogP contribution is -2.29. The van der Waals surface area contributed by atoms with Crippen LogP contribution in [0.5, 0.6) is 0 Å². The molecule has 0 N–H and O–H groups in total. The van der Waals surface area contributed by atoms with Gasteiger partial charge < -0.3 is 0 Å². The summed E-state index contributed by atoms with van der Waals surface area (Å²) in [6, 6.07) is 0. The Bertz CT molecular complexity index is 356. The Morgan fingerprint density at radius 2 is 1.67 bits per heavy atom. The van der Waals surface area contributed by atoms with Crippen molar-refractivity contribution < 1.29 is 9.59 Å². The van der Waals surface area contributed by atoms with Crippen molar-refractivity contribution in [1.29, 1.82) is 0 Å². The summed E-state index contributed by atoms with van der Waals surface area (Å²) < 4.78 is 0. The van der Waals surface area contributed by atoms with E-state index in [4.69, 9.17) is 0 Å².